The average molecular weight is 428 g/mol. The lowest BCUT2D eigenvalue weighted by Crippen LogP contribution is -2.34. The zero-order valence-corrected chi connectivity index (χ0v) is 16.7. The molecule has 2 aromatic carbocycles. The highest BCUT2D eigenvalue weighted by atomic mass is 79.9. The molecule has 0 saturated heterocycles. The molecule has 0 heterocycles. The molecule has 0 unspecified atom stereocenters. The number of halogens is 2. The summed E-state index contributed by atoms with van der Waals surface area (Å²) in [5.41, 5.74) is 7.69. The lowest BCUT2D eigenvalue weighted by atomic mass is 10.1. The predicted octanol–water partition coefficient (Wildman–Crippen LogP) is 4.31. The van der Waals surface area contributed by atoms with E-state index in [9.17, 15) is 4.79 Å². The molecule has 0 aliphatic heterocycles. The number of nitrogen functional groups attached to an aromatic ring is 1. The number of likely N-dealkylation sites (N-methyl/N-ethyl adjacent to an activating group) is 1. The molecule has 0 fully saturated rings. The number of para-hydroxylation sites is 1. The molecule has 0 aliphatic carbocycles. The smallest absolute Gasteiger partial charge is 0.223 e. The zero-order valence-electron chi connectivity index (χ0n) is 14.3. The van der Waals surface area contributed by atoms with E-state index >= 15 is 0 Å². The quantitative estimate of drug-likeness (QED) is 0.639. The second-order valence-electron chi connectivity index (χ2n) is 5.47. The van der Waals surface area contributed by atoms with Crippen molar-refractivity contribution >= 4 is 39.9 Å². The largest absolute Gasteiger partial charge is 0.492 e. The number of benzene rings is 2. The summed E-state index contributed by atoms with van der Waals surface area (Å²) < 4.78 is 6.70. The van der Waals surface area contributed by atoms with Gasteiger partial charge in [0.05, 0.1) is 6.54 Å². The first-order valence-electron chi connectivity index (χ1n) is 8.09. The summed E-state index contributed by atoms with van der Waals surface area (Å²) >= 11 is 3.39. The fourth-order valence-electron chi connectivity index (χ4n) is 2.43. The van der Waals surface area contributed by atoms with Crippen molar-refractivity contribution in [2.24, 2.45) is 0 Å². The van der Waals surface area contributed by atoms with Crippen LogP contribution in [0.5, 0.6) is 5.75 Å². The molecule has 0 aromatic heterocycles. The van der Waals surface area contributed by atoms with Gasteiger partial charge in [-0.15, -0.1) is 12.4 Å². The fraction of sp³-hybridized carbons (Fsp3) is 0.316. The monoisotopic (exact) mass is 426 g/mol. The van der Waals surface area contributed by atoms with Crippen LogP contribution in [0.2, 0.25) is 0 Å². The van der Waals surface area contributed by atoms with Crippen LogP contribution in [0.25, 0.3) is 0 Å². The number of carbonyl (C=O) groups excluding carboxylic acids is 1. The van der Waals surface area contributed by atoms with Crippen LogP contribution in [0, 0.1) is 0 Å². The van der Waals surface area contributed by atoms with Crippen molar-refractivity contribution in [3.05, 3.63) is 58.6 Å². The first kappa shape index (κ1) is 21.3. The Hall–Kier alpha value is -1.72. The molecule has 0 bridgehead atoms. The first-order chi connectivity index (χ1) is 11.6. The van der Waals surface area contributed by atoms with E-state index in [0.29, 0.717) is 32.5 Å². The predicted molar refractivity (Wildman–Crippen MR) is 108 cm³/mol. The molecule has 0 saturated carbocycles. The van der Waals surface area contributed by atoms with Crippen molar-refractivity contribution in [3.8, 4) is 5.75 Å². The van der Waals surface area contributed by atoms with E-state index in [4.69, 9.17) is 10.5 Å². The van der Waals surface area contributed by atoms with Crippen LogP contribution in [-0.4, -0.2) is 30.5 Å². The molecule has 0 radical (unpaired) electrons. The number of carbonyl (C=O) groups is 1. The van der Waals surface area contributed by atoms with Gasteiger partial charge in [0.15, 0.2) is 0 Å². The van der Waals surface area contributed by atoms with Crippen molar-refractivity contribution < 1.29 is 9.53 Å². The van der Waals surface area contributed by atoms with E-state index in [1.807, 2.05) is 60.4 Å². The number of anilines is 1. The Labute approximate surface area is 163 Å². The summed E-state index contributed by atoms with van der Waals surface area (Å²) in [4.78, 5) is 14.2. The maximum Gasteiger partial charge on any atom is 0.223 e. The van der Waals surface area contributed by atoms with E-state index in [2.05, 4.69) is 15.9 Å². The standard InChI is InChI=1S/C19H23BrN2O2.ClH/c1-2-22(13-14-24-17-10-8-16(20)9-11-17)19(23)12-7-15-5-3-4-6-18(15)21;/h3-6,8-11H,2,7,12-14,21H2,1H3;1H. The number of nitrogens with two attached hydrogens (primary N) is 1. The SMILES string of the molecule is CCN(CCOc1ccc(Br)cc1)C(=O)CCc1ccccc1N.Cl. The Morgan fingerprint density at radius 1 is 1.16 bits per heavy atom. The highest BCUT2D eigenvalue weighted by Gasteiger charge is 2.12. The molecule has 4 nitrogen and oxygen atoms in total. The number of ether oxygens (including phenoxy) is 1. The minimum Gasteiger partial charge on any atom is -0.492 e. The molecule has 2 N–H and O–H groups in total. The van der Waals surface area contributed by atoms with Crippen molar-refractivity contribution in [3.63, 3.8) is 0 Å². The summed E-state index contributed by atoms with van der Waals surface area (Å²) in [6.07, 6.45) is 1.12. The summed E-state index contributed by atoms with van der Waals surface area (Å²) in [5.74, 6) is 0.930. The Balaban J connectivity index is 0.00000312. The molecule has 25 heavy (non-hydrogen) atoms. The van der Waals surface area contributed by atoms with Gasteiger partial charge in [-0.3, -0.25) is 4.79 Å². The summed E-state index contributed by atoms with van der Waals surface area (Å²) in [7, 11) is 0. The number of hydrogen-bond acceptors (Lipinski definition) is 3. The molecule has 0 spiro atoms. The first-order valence-corrected chi connectivity index (χ1v) is 8.89. The lowest BCUT2D eigenvalue weighted by molar-refractivity contribution is -0.131. The third-order valence-corrected chi connectivity index (χ3v) is 4.37. The van der Waals surface area contributed by atoms with E-state index in [1.54, 1.807) is 0 Å². The zero-order chi connectivity index (χ0) is 17.4. The van der Waals surface area contributed by atoms with Crippen molar-refractivity contribution in [2.75, 3.05) is 25.4 Å². The number of amides is 1. The summed E-state index contributed by atoms with van der Waals surface area (Å²) in [6, 6.07) is 15.3. The molecule has 2 rings (SSSR count). The molecule has 1 amide bonds. The number of nitrogens with zero attached hydrogens (tertiary/aromatic N) is 1. The van der Waals surface area contributed by atoms with Gasteiger partial charge in [0.1, 0.15) is 12.4 Å². The lowest BCUT2D eigenvalue weighted by Gasteiger charge is -2.21. The molecule has 2 aromatic rings. The maximum absolute atomic E-state index is 12.4. The van der Waals surface area contributed by atoms with Crippen LogP contribution >= 0.6 is 28.3 Å². The van der Waals surface area contributed by atoms with Gasteiger partial charge < -0.3 is 15.4 Å². The third-order valence-electron chi connectivity index (χ3n) is 3.84. The fourth-order valence-corrected chi connectivity index (χ4v) is 2.69. The number of rotatable bonds is 8. The summed E-state index contributed by atoms with van der Waals surface area (Å²) in [5, 5.41) is 0. The van der Waals surface area contributed by atoms with Gasteiger partial charge in [0, 0.05) is 23.1 Å². The molecular formula is C19H24BrClN2O2. The van der Waals surface area contributed by atoms with Crippen LogP contribution in [0.1, 0.15) is 18.9 Å². The van der Waals surface area contributed by atoms with Crippen LogP contribution in [-0.2, 0) is 11.2 Å². The van der Waals surface area contributed by atoms with Gasteiger partial charge in [-0.25, -0.2) is 0 Å². The second kappa shape index (κ2) is 11.0. The van der Waals surface area contributed by atoms with Crippen LogP contribution in [0.3, 0.4) is 0 Å². The Bertz CT molecular complexity index is 665. The van der Waals surface area contributed by atoms with Gasteiger partial charge >= 0.3 is 0 Å². The summed E-state index contributed by atoms with van der Waals surface area (Å²) in [6.45, 7) is 3.71. The van der Waals surface area contributed by atoms with Crippen LogP contribution in [0.15, 0.2) is 53.0 Å². The minimum absolute atomic E-state index is 0. The van der Waals surface area contributed by atoms with E-state index < -0.39 is 0 Å². The van der Waals surface area contributed by atoms with Crippen molar-refractivity contribution in [1.29, 1.82) is 0 Å². The number of aryl methyl sites for hydroxylation is 1. The normalized spacial score (nSPS) is 10.0. The highest BCUT2D eigenvalue weighted by molar-refractivity contribution is 9.10. The third kappa shape index (κ3) is 6.96. The van der Waals surface area contributed by atoms with Gasteiger partial charge in [0.2, 0.25) is 5.91 Å². The maximum atomic E-state index is 12.4. The molecule has 0 atom stereocenters. The minimum atomic E-state index is 0. The number of hydrogen-bond donors (Lipinski definition) is 1. The Kier molecular flexibility index (Phi) is 9.39. The van der Waals surface area contributed by atoms with Crippen LogP contribution in [0.4, 0.5) is 5.69 Å². The topological polar surface area (TPSA) is 55.6 Å². The van der Waals surface area contributed by atoms with Crippen molar-refractivity contribution in [2.45, 2.75) is 19.8 Å². The second-order valence-corrected chi connectivity index (χ2v) is 6.39. The Morgan fingerprint density at radius 2 is 1.84 bits per heavy atom. The van der Waals surface area contributed by atoms with Crippen molar-refractivity contribution in [1.82, 2.24) is 4.90 Å². The highest BCUT2D eigenvalue weighted by Crippen LogP contribution is 2.16. The Morgan fingerprint density at radius 3 is 2.48 bits per heavy atom. The molecular weight excluding hydrogens is 404 g/mol. The van der Waals surface area contributed by atoms with Gasteiger partial charge in [-0.1, -0.05) is 34.1 Å². The van der Waals surface area contributed by atoms with E-state index in [1.165, 1.54) is 0 Å². The van der Waals surface area contributed by atoms with Gasteiger partial charge in [-0.2, -0.15) is 0 Å². The van der Waals surface area contributed by atoms with E-state index in [-0.39, 0.29) is 18.3 Å². The molecule has 0 aliphatic rings. The average Bonchev–Trinajstić information content (AvgIpc) is 2.59. The molecule has 6 heteroatoms. The van der Waals surface area contributed by atoms with E-state index in [0.717, 1.165) is 21.5 Å². The van der Waals surface area contributed by atoms with Crippen LogP contribution < -0.4 is 10.5 Å². The molecule has 136 valence electrons. The van der Waals surface area contributed by atoms with Gasteiger partial charge in [0.25, 0.3) is 0 Å². The van der Waals surface area contributed by atoms with Gasteiger partial charge in [-0.05, 0) is 49.2 Å².